The molecule has 0 radical (unpaired) electrons. The number of carbonyl (C=O) groups excluding carboxylic acids is 2. The molecule has 10 heteroatoms. The van der Waals surface area contributed by atoms with Gasteiger partial charge in [-0.2, -0.15) is 0 Å². The molecule has 8 nitrogen and oxygen atoms in total. The van der Waals surface area contributed by atoms with E-state index in [4.69, 9.17) is 10.2 Å². The molecule has 3 aromatic heterocycles. The number of thioether (sulfide) groups is 1. The molecule has 4 N–H and O–H groups in total. The predicted octanol–water partition coefficient (Wildman–Crippen LogP) is 1.96. The number of nitrogens with one attached hydrogen (secondary N) is 2. The molecule has 3 heterocycles. The van der Waals surface area contributed by atoms with Crippen LogP contribution in [0.1, 0.15) is 10.4 Å². The number of carbonyl (C=O) groups is 2. The van der Waals surface area contributed by atoms with Crippen molar-refractivity contribution in [2.45, 2.75) is 5.22 Å². The minimum absolute atomic E-state index is 0.0719. The molecule has 23 heavy (non-hydrogen) atoms. The van der Waals surface area contributed by atoms with Gasteiger partial charge in [-0.05, 0) is 23.6 Å². The Morgan fingerprint density at radius 2 is 2.26 bits per heavy atom. The van der Waals surface area contributed by atoms with Crippen LogP contribution in [-0.2, 0) is 4.79 Å². The van der Waals surface area contributed by atoms with Gasteiger partial charge in [-0.15, -0.1) is 21.5 Å². The molecule has 0 aromatic carbocycles. The van der Waals surface area contributed by atoms with Crippen molar-refractivity contribution in [3.05, 3.63) is 35.3 Å². The van der Waals surface area contributed by atoms with Crippen molar-refractivity contribution in [2.75, 3.05) is 11.1 Å². The molecule has 0 saturated heterocycles. The van der Waals surface area contributed by atoms with Crippen LogP contribution in [0.4, 0.5) is 5.00 Å². The first-order valence-corrected chi connectivity index (χ1v) is 8.27. The van der Waals surface area contributed by atoms with Crippen molar-refractivity contribution in [3.8, 4) is 11.6 Å². The Hall–Kier alpha value is -2.59. The molecule has 0 spiro atoms. The first-order valence-electron chi connectivity index (χ1n) is 6.40. The van der Waals surface area contributed by atoms with E-state index in [2.05, 4.69) is 20.5 Å². The third-order valence-corrected chi connectivity index (χ3v) is 4.39. The number of rotatable bonds is 6. The molecule has 0 bridgehead atoms. The summed E-state index contributed by atoms with van der Waals surface area (Å²) in [5.41, 5.74) is 6.22. The molecule has 2 amide bonds. The molecule has 0 aliphatic carbocycles. The van der Waals surface area contributed by atoms with Gasteiger partial charge in [0, 0.05) is 6.20 Å². The summed E-state index contributed by atoms with van der Waals surface area (Å²) in [5, 5.41) is 12.8. The van der Waals surface area contributed by atoms with Gasteiger partial charge in [-0.25, -0.2) is 0 Å². The molecule has 118 valence electrons. The van der Waals surface area contributed by atoms with Crippen molar-refractivity contribution < 1.29 is 14.0 Å². The molecule has 0 fully saturated rings. The van der Waals surface area contributed by atoms with Gasteiger partial charge in [-0.1, -0.05) is 11.8 Å². The molecule has 0 unspecified atom stereocenters. The van der Waals surface area contributed by atoms with Crippen LogP contribution in [0.15, 0.2) is 39.4 Å². The average Bonchev–Trinajstić information content (AvgIpc) is 3.25. The molecular weight excluding hydrogens is 338 g/mol. The van der Waals surface area contributed by atoms with Crippen LogP contribution in [0.5, 0.6) is 0 Å². The number of aromatic nitrogens is 3. The van der Waals surface area contributed by atoms with Gasteiger partial charge in [-0.3, -0.25) is 9.59 Å². The lowest BCUT2D eigenvalue weighted by molar-refractivity contribution is -0.113. The Kier molecular flexibility index (Phi) is 4.44. The lowest BCUT2D eigenvalue weighted by atomic mass is 10.3. The number of hydrogen-bond acceptors (Lipinski definition) is 7. The summed E-state index contributed by atoms with van der Waals surface area (Å²) in [4.78, 5) is 26.1. The van der Waals surface area contributed by atoms with Crippen molar-refractivity contribution in [1.82, 2.24) is 15.2 Å². The van der Waals surface area contributed by atoms with Gasteiger partial charge in [0.1, 0.15) is 10.7 Å². The number of nitrogens with zero attached hydrogens (tertiary/aromatic N) is 2. The van der Waals surface area contributed by atoms with Crippen LogP contribution in [0, 0.1) is 0 Å². The molecule has 0 aliphatic rings. The van der Waals surface area contributed by atoms with Crippen LogP contribution >= 0.6 is 23.1 Å². The van der Waals surface area contributed by atoms with Crippen LogP contribution in [0.3, 0.4) is 0 Å². The average molecular weight is 349 g/mol. The van der Waals surface area contributed by atoms with Crippen LogP contribution in [0.2, 0.25) is 0 Å². The summed E-state index contributed by atoms with van der Waals surface area (Å²) in [6, 6.07) is 5.18. The molecular formula is C13H11N5O3S2. The highest BCUT2D eigenvalue weighted by Crippen LogP contribution is 2.24. The van der Waals surface area contributed by atoms with E-state index < -0.39 is 5.91 Å². The monoisotopic (exact) mass is 349 g/mol. The number of hydrogen-bond donors (Lipinski definition) is 3. The predicted molar refractivity (Wildman–Crippen MR) is 86.3 cm³/mol. The molecule has 0 aliphatic heterocycles. The minimum Gasteiger partial charge on any atom is -0.410 e. The number of primary amides is 1. The summed E-state index contributed by atoms with van der Waals surface area (Å²) < 4.78 is 5.43. The normalized spacial score (nSPS) is 10.6. The summed E-state index contributed by atoms with van der Waals surface area (Å²) in [6.07, 6.45) is 1.75. The Labute approximate surface area is 138 Å². The second kappa shape index (κ2) is 6.67. The topological polar surface area (TPSA) is 127 Å². The fourth-order valence-corrected chi connectivity index (χ4v) is 3.10. The Morgan fingerprint density at radius 1 is 1.39 bits per heavy atom. The fraction of sp³-hybridized carbons (Fsp3) is 0.0769. The molecule has 3 aromatic rings. The second-order valence-corrected chi connectivity index (χ2v) is 6.16. The van der Waals surface area contributed by atoms with E-state index in [-0.39, 0.29) is 16.9 Å². The van der Waals surface area contributed by atoms with E-state index in [0.717, 1.165) is 11.8 Å². The van der Waals surface area contributed by atoms with Crippen molar-refractivity contribution in [1.29, 1.82) is 0 Å². The zero-order valence-electron chi connectivity index (χ0n) is 11.6. The maximum atomic E-state index is 11.9. The van der Waals surface area contributed by atoms with Gasteiger partial charge in [0.2, 0.25) is 5.91 Å². The lowest BCUT2D eigenvalue weighted by Gasteiger charge is -2.02. The van der Waals surface area contributed by atoms with Gasteiger partial charge in [0.25, 0.3) is 17.0 Å². The summed E-state index contributed by atoms with van der Waals surface area (Å²) in [6.45, 7) is 0. The van der Waals surface area contributed by atoms with Crippen molar-refractivity contribution in [3.63, 3.8) is 0 Å². The summed E-state index contributed by atoms with van der Waals surface area (Å²) >= 11 is 2.34. The zero-order valence-corrected chi connectivity index (χ0v) is 13.2. The molecule has 0 atom stereocenters. The third kappa shape index (κ3) is 3.60. The smallest absolute Gasteiger partial charge is 0.277 e. The second-order valence-electron chi connectivity index (χ2n) is 4.32. The highest BCUT2D eigenvalue weighted by molar-refractivity contribution is 7.99. The van der Waals surface area contributed by atoms with E-state index in [1.807, 2.05) is 6.07 Å². The van der Waals surface area contributed by atoms with Crippen LogP contribution < -0.4 is 11.1 Å². The quantitative estimate of drug-likeness (QED) is 0.584. The maximum Gasteiger partial charge on any atom is 0.277 e. The SMILES string of the molecule is NC(=O)c1ccsc1NC(=O)CSc1nnc(-c2ccc[nH]2)o1. The minimum atomic E-state index is -0.582. The number of aromatic amines is 1. The van der Waals surface area contributed by atoms with E-state index in [0.29, 0.717) is 22.1 Å². The highest BCUT2D eigenvalue weighted by atomic mass is 32.2. The lowest BCUT2D eigenvalue weighted by Crippen LogP contribution is -2.17. The van der Waals surface area contributed by atoms with Crippen LogP contribution in [-0.4, -0.2) is 32.7 Å². The van der Waals surface area contributed by atoms with Crippen LogP contribution in [0.25, 0.3) is 11.6 Å². The van der Waals surface area contributed by atoms with Crippen molar-refractivity contribution in [2.24, 2.45) is 5.73 Å². The summed E-state index contributed by atoms with van der Waals surface area (Å²) in [5.74, 6) is -0.448. The number of nitrogens with two attached hydrogens (primary N) is 1. The fourth-order valence-electron chi connectivity index (χ4n) is 1.73. The van der Waals surface area contributed by atoms with Gasteiger partial charge < -0.3 is 20.5 Å². The standard InChI is InChI=1S/C13H11N5O3S2/c14-10(20)7-3-5-22-12(7)16-9(19)6-23-13-18-17-11(21-13)8-2-1-4-15-8/h1-5,15H,6H2,(H2,14,20)(H,16,19). The van der Waals surface area contributed by atoms with Gasteiger partial charge >= 0.3 is 0 Å². The third-order valence-electron chi connectivity index (χ3n) is 2.75. The van der Waals surface area contributed by atoms with E-state index in [9.17, 15) is 9.59 Å². The highest BCUT2D eigenvalue weighted by Gasteiger charge is 2.15. The number of H-pyrrole nitrogens is 1. The number of amides is 2. The van der Waals surface area contributed by atoms with Crippen molar-refractivity contribution >= 4 is 39.9 Å². The Morgan fingerprint density at radius 3 is 3.00 bits per heavy atom. The van der Waals surface area contributed by atoms with Gasteiger partial charge in [0.05, 0.1) is 11.3 Å². The molecule has 3 rings (SSSR count). The number of anilines is 1. The maximum absolute atomic E-state index is 11.9. The zero-order chi connectivity index (χ0) is 16.2. The Bertz CT molecular complexity index is 824. The number of thiophene rings is 1. The van der Waals surface area contributed by atoms with E-state index in [1.54, 1.807) is 23.7 Å². The van der Waals surface area contributed by atoms with E-state index in [1.165, 1.54) is 11.3 Å². The first kappa shape index (κ1) is 15.3. The molecule has 0 saturated carbocycles. The first-order chi connectivity index (χ1) is 11.1. The largest absolute Gasteiger partial charge is 0.410 e. The van der Waals surface area contributed by atoms with Gasteiger partial charge in [0.15, 0.2) is 0 Å². The summed E-state index contributed by atoms with van der Waals surface area (Å²) in [7, 11) is 0. The van der Waals surface area contributed by atoms with E-state index >= 15 is 0 Å². The Balaban J connectivity index is 1.57.